The summed E-state index contributed by atoms with van der Waals surface area (Å²) in [5, 5.41) is 0.833. The smallest absolute Gasteiger partial charge is 0.116 e. The molecule has 0 bridgehead atoms. The molecule has 0 spiro atoms. The number of aryl methyl sites for hydroxylation is 1. The average molecular weight is 227 g/mol. The van der Waals surface area contributed by atoms with Crippen molar-refractivity contribution in [2.75, 3.05) is 0 Å². The molecule has 15 heavy (non-hydrogen) atoms. The summed E-state index contributed by atoms with van der Waals surface area (Å²) in [6, 6.07) is 6.11. The van der Waals surface area contributed by atoms with E-state index in [0.717, 1.165) is 17.7 Å². The molecular weight excluding hydrogens is 208 g/mol. The zero-order valence-corrected chi connectivity index (χ0v) is 10.6. The third-order valence-corrected chi connectivity index (χ3v) is 2.17. The van der Waals surface area contributed by atoms with E-state index in [0.29, 0.717) is 5.92 Å². The molecule has 2 heteroatoms. The van der Waals surface area contributed by atoms with Gasteiger partial charge in [-0.05, 0) is 49.4 Å². The van der Waals surface area contributed by atoms with Crippen LogP contribution >= 0.6 is 11.6 Å². The molecule has 1 aromatic carbocycles. The predicted octanol–water partition coefficient (Wildman–Crippen LogP) is 4.05. The van der Waals surface area contributed by atoms with Crippen molar-refractivity contribution in [1.82, 2.24) is 0 Å². The van der Waals surface area contributed by atoms with E-state index in [4.69, 9.17) is 16.4 Å². The van der Waals surface area contributed by atoms with E-state index in [1.54, 1.807) is 0 Å². The molecule has 0 unspecified atom stereocenters. The van der Waals surface area contributed by atoms with Gasteiger partial charge in [-0.15, -0.1) is 0 Å². The molecule has 0 atom stereocenters. The van der Waals surface area contributed by atoms with Gasteiger partial charge in [-0.1, -0.05) is 31.5 Å². The molecule has 0 aliphatic carbocycles. The van der Waals surface area contributed by atoms with Crippen molar-refractivity contribution >= 4 is 17.9 Å². The van der Waals surface area contributed by atoms with Crippen LogP contribution in [-0.2, 0) is 11.2 Å². The zero-order valence-electron chi connectivity index (χ0n) is 9.88. The molecule has 0 amide bonds. The van der Waals surface area contributed by atoms with Crippen LogP contribution in [0.3, 0.4) is 0 Å². The monoisotopic (exact) mass is 226 g/mol. The Balaban J connectivity index is 0.000000583. The minimum absolute atomic E-state index is 0.713. The largest absolute Gasteiger partial charge is 0.304 e. The first kappa shape index (κ1) is 14.2. The molecule has 0 radical (unpaired) electrons. The quantitative estimate of drug-likeness (QED) is 0.696. The van der Waals surface area contributed by atoms with Gasteiger partial charge < -0.3 is 4.79 Å². The van der Waals surface area contributed by atoms with Crippen LogP contribution in [0.5, 0.6) is 0 Å². The second-order valence-corrected chi connectivity index (χ2v) is 4.34. The standard InChI is InChI=1S/C11H15Cl.C2H4O/c1-8(2)6-10-4-5-11(12)7-9(10)3;1-2-3/h4-5,7-8H,6H2,1-3H3;2H,1H3. The van der Waals surface area contributed by atoms with Crippen molar-refractivity contribution in [3.05, 3.63) is 34.3 Å². The number of carbonyl (C=O) groups is 1. The molecule has 1 aromatic rings. The highest BCUT2D eigenvalue weighted by Gasteiger charge is 2.01. The predicted molar refractivity (Wildman–Crippen MR) is 66.5 cm³/mol. The van der Waals surface area contributed by atoms with E-state index in [1.807, 2.05) is 12.1 Å². The first-order valence-corrected chi connectivity index (χ1v) is 5.53. The van der Waals surface area contributed by atoms with Gasteiger partial charge >= 0.3 is 0 Å². The molecule has 0 aliphatic heterocycles. The van der Waals surface area contributed by atoms with Crippen LogP contribution in [-0.4, -0.2) is 6.29 Å². The van der Waals surface area contributed by atoms with Gasteiger partial charge in [-0.2, -0.15) is 0 Å². The number of carbonyl (C=O) groups excluding carboxylic acids is 1. The van der Waals surface area contributed by atoms with E-state index in [9.17, 15) is 0 Å². The Labute approximate surface area is 97.5 Å². The molecular formula is C13H19ClO. The van der Waals surface area contributed by atoms with Crippen molar-refractivity contribution in [3.63, 3.8) is 0 Å². The van der Waals surface area contributed by atoms with E-state index in [1.165, 1.54) is 18.1 Å². The SMILES string of the molecule is CC=O.Cc1cc(Cl)ccc1CC(C)C. The van der Waals surface area contributed by atoms with Crippen molar-refractivity contribution in [1.29, 1.82) is 0 Å². The lowest BCUT2D eigenvalue weighted by Crippen LogP contribution is -1.96. The Bertz CT molecular complexity index is 305. The third-order valence-electron chi connectivity index (χ3n) is 1.93. The summed E-state index contributed by atoms with van der Waals surface area (Å²) in [5.41, 5.74) is 2.71. The molecule has 0 N–H and O–H groups in total. The maximum Gasteiger partial charge on any atom is 0.116 e. The molecule has 84 valence electrons. The van der Waals surface area contributed by atoms with Crippen molar-refractivity contribution in [2.45, 2.75) is 34.1 Å². The number of hydrogen-bond donors (Lipinski definition) is 0. The van der Waals surface area contributed by atoms with E-state index in [-0.39, 0.29) is 0 Å². The summed E-state index contributed by atoms with van der Waals surface area (Å²) in [6.45, 7) is 8.02. The van der Waals surface area contributed by atoms with Crippen molar-refractivity contribution in [3.8, 4) is 0 Å². The van der Waals surface area contributed by atoms with Gasteiger partial charge in [0.1, 0.15) is 6.29 Å². The topological polar surface area (TPSA) is 17.1 Å². The van der Waals surface area contributed by atoms with E-state index >= 15 is 0 Å². The van der Waals surface area contributed by atoms with Crippen LogP contribution in [0.4, 0.5) is 0 Å². The van der Waals surface area contributed by atoms with Crippen LogP contribution in [0.1, 0.15) is 31.9 Å². The van der Waals surface area contributed by atoms with Crippen LogP contribution in [0.2, 0.25) is 5.02 Å². The maximum atomic E-state index is 8.81. The van der Waals surface area contributed by atoms with Gasteiger partial charge in [-0.25, -0.2) is 0 Å². The summed E-state index contributed by atoms with van der Waals surface area (Å²) in [4.78, 5) is 8.81. The second kappa shape index (κ2) is 7.47. The highest BCUT2D eigenvalue weighted by Crippen LogP contribution is 2.17. The third kappa shape index (κ3) is 6.29. The van der Waals surface area contributed by atoms with Crippen LogP contribution in [0.15, 0.2) is 18.2 Å². The Hall–Kier alpha value is -0.820. The number of rotatable bonds is 2. The van der Waals surface area contributed by atoms with Gasteiger partial charge in [0.15, 0.2) is 0 Å². The summed E-state index contributed by atoms with van der Waals surface area (Å²) in [5.74, 6) is 0.713. The number of benzene rings is 1. The van der Waals surface area contributed by atoms with Gasteiger partial charge in [0.2, 0.25) is 0 Å². The first-order chi connectivity index (χ1) is 7.01. The van der Waals surface area contributed by atoms with Crippen LogP contribution in [0.25, 0.3) is 0 Å². The van der Waals surface area contributed by atoms with E-state index < -0.39 is 0 Å². The summed E-state index contributed by atoms with van der Waals surface area (Å²) >= 11 is 5.85. The van der Waals surface area contributed by atoms with E-state index in [2.05, 4.69) is 26.8 Å². The Kier molecular flexibility index (Phi) is 7.06. The minimum atomic E-state index is 0.713. The van der Waals surface area contributed by atoms with Gasteiger partial charge in [-0.3, -0.25) is 0 Å². The number of halogens is 1. The molecule has 0 aromatic heterocycles. The lowest BCUT2D eigenvalue weighted by molar-refractivity contribution is -0.106. The summed E-state index contributed by atoms with van der Waals surface area (Å²) in [7, 11) is 0. The Morgan fingerprint density at radius 1 is 1.40 bits per heavy atom. The molecule has 1 rings (SSSR count). The molecule has 0 saturated heterocycles. The fraction of sp³-hybridized carbons (Fsp3) is 0.462. The first-order valence-electron chi connectivity index (χ1n) is 5.16. The highest BCUT2D eigenvalue weighted by atomic mass is 35.5. The minimum Gasteiger partial charge on any atom is -0.304 e. The normalized spacial score (nSPS) is 9.47. The second-order valence-electron chi connectivity index (χ2n) is 3.90. The van der Waals surface area contributed by atoms with Crippen LogP contribution in [0, 0.1) is 12.8 Å². The summed E-state index contributed by atoms with van der Waals surface area (Å²) < 4.78 is 0. The summed E-state index contributed by atoms with van der Waals surface area (Å²) in [6.07, 6.45) is 1.89. The van der Waals surface area contributed by atoms with Crippen molar-refractivity contribution < 1.29 is 4.79 Å². The zero-order chi connectivity index (χ0) is 11.8. The maximum absolute atomic E-state index is 8.81. The lowest BCUT2D eigenvalue weighted by Gasteiger charge is -2.08. The molecule has 0 fully saturated rings. The number of aldehydes is 1. The molecule has 0 saturated carbocycles. The highest BCUT2D eigenvalue weighted by molar-refractivity contribution is 6.30. The van der Waals surface area contributed by atoms with Gasteiger partial charge in [0, 0.05) is 5.02 Å². The van der Waals surface area contributed by atoms with Gasteiger partial charge in [0.25, 0.3) is 0 Å². The average Bonchev–Trinajstić information content (AvgIpc) is 2.11. The van der Waals surface area contributed by atoms with Crippen LogP contribution < -0.4 is 0 Å². The lowest BCUT2D eigenvalue weighted by atomic mass is 9.99. The van der Waals surface area contributed by atoms with Crippen molar-refractivity contribution in [2.24, 2.45) is 5.92 Å². The van der Waals surface area contributed by atoms with Gasteiger partial charge in [0.05, 0.1) is 0 Å². The molecule has 0 aliphatic rings. The fourth-order valence-corrected chi connectivity index (χ4v) is 1.55. The molecule has 0 heterocycles. The number of hydrogen-bond acceptors (Lipinski definition) is 1. The fourth-order valence-electron chi connectivity index (χ4n) is 1.33. The Morgan fingerprint density at radius 3 is 2.33 bits per heavy atom. The molecule has 1 nitrogen and oxygen atoms in total. The Morgan fingerprint density at radius 2 is 1.93 bits per heavy atom.